The zero-order chi connectivity index (χ0) is 10.4. The number of carbonyl (C=O) groups excluding carboxylic acids is 1. The first-order chi connectivity index (χ1) is 6.74. The Balaban J connectivity index is 0.00000196. The standard InChI is InChI=1S/C10H13ClN2O.ClH/c11-9-4-2-1-3-8(9)5-6-13-10(14)7-12;/h1-4H,5-7,12H2,(H,13,14);1H. The second-order valence-corrected chi connectivity index (χ2v) is 3.30. The minimum absolute atomic E-state index is 0. The third-order valence-corrected chi connectivity index (χ3v) is 2.23. The first-order valence-electron chi connectivity index (χ1n) is 4.44. The smallest absolute Gasteiger partial charge is 0.233 e. The van der Waals surface area contributed by atoms with Gasteiger partial charge in [-0.15, -0.1) is 12.4 Å². The van der Waals surface area contributed by atoms with Crippen LogP contribution in [0.4, 0.5) is 0 Å². The van der Waals surface area contributed by atoms with Crippen LogP contribution in [0.15, 0.2) is 24.3 Å². The first kappa shape index (κ1) is 14.2. The second kappa shape index (κ2) is 7.51. The van der Waals surface area contributed by atoms with Crippen molar-refractivity contribution in [3.63, 3.8) is 0 Å². The van der Waals surface area contributed by atoms with Crippen molar-refractivity contribution in [1.82, 2.24) is 5.32 Å². The van der Waals surface area contributed by atoms with Crippen LogP contribution in [0.5, 0.6) is 0 Å². The summed E-state index contributed by atoms with van der Waals surface area (Å²) in [6, 6.07) is 7.58. The summed E-state index contributed by atoms with van der Waals surface area (Å²) in [4.78, 5) is 10.8. The van der Waals surface area contributed by atoms with Crippen molar-refractivity contribution >= 4 is 29.9 Å². The normalized spacial score (nSPS) is 9.20. The Hall–Kier alpha value is -0.770. The number of benzene rings is 1. The molecule has 0 heterocycles. The molecular formula is C10H14Cl2N2O. The maximum atomic E-state index is 10.8. The van der Waals surface area contributed by atoms with Gasteiger partial charge in [-0.25, -0.2) is 0 Å². The summed E-state index contributed by atoms with van der Waals surface area (Å²) < 4.78 is 0. The number of hydrogen-bond acceptors (Lipinski definition) is 2. The monoisotopic (exact) mass is 248 g/mol. The molecule has 1 aromatic rings. The van der Waals surface area contributed by atoms with Gasteiger partial charge < -0.3 is 11.1 Å². The molecule has 1 aromatic carbocycles. The molecule has 0 aromatic heterocycles. The van der Waals surface area contributed by atoms with Gasteiger partial charge in [0.1, 0.15) is 0 Å². The van der Waals surface area contributed by atoms with E-state index in [2.05, 4.69) is 5.32 Å². The van der Waals surface area contributed by atoms with Crippen LogP contribution >= 0.6 is 24.0 Å². The molecule has 3 nitrogen and oxygen atoms in total. The van der Waals surface area contributed by atoms with Crippen LogP contribution in [0.2, 0.25) is 5.02 Å². The highest BCUT2D eigenvalue weighted by atomic mass is 35.5. The summed E-state index contributed by atoms with van der Waals surface area (Å²) in [5.41, 5.74) is 6.18. The Morgan fingerprint density at radius 1 is 1.40 bits per heavy atom. The molecule has 15 heavy (non-hydrogen) atoms. The van der Waals surface area contributed by atoms with E-state index in [4.69, 9.17) is 17.3 Å². The molecule has 0 aliphatic heterocycles. The molecule has 84 valence electrons. The van der Waals surface area contributed by atoms with Crippen molar-refractivity contribution in [2.45, 2.75) is 6.42 Å². The fraction of sp³-hybridized carbons (Fsp3) is 0.300. The van der Waals surface area contributed by atoms with E-state index >= 15 is 0 Å². The van der Waals surface area contributed by atoms with Crippen molar-refractivity contribution in [2.75, 3.05) is 13.1 Å². The van der Waals surface area contributed by atoms with E-state index in [1.54, 1.807) is 0 Å². The maximum Gasteiger partial charge on any atom is 0.233 e. The quantitative estimate of drug-likeness (QED) is 0.846. The molecule has 0 unspecified atom stereocenters. The molecular weight excluding hydrogens is 235 g/mol. The van der Waals surface area contributed by atoms with Crippen LogP contribution in [-0.4, -0.2) is 19.0 Å². The van der Waals surface area contributed by atoms with E-state index < -0.39 is 0 Å². The Labute approximate surface area is 100 Å². The summed E-state index contributed by atoms with van der Waals surface area (Å²) in [6.45, 7) is 0.599. The van der Waals surface area contributed by atoms with E-state index in [9.17, 15) is 4.79 Å². The lowest BCUT2D eigenvalue weighted by atomic mass is 10.1. The largest absolute Gasteiger partial charge is 0.355 e. The van der Waals surface area contributed by atoms with Crippen molar-refractivity contribution in [3.8, 4) is 0 Å². The summed E-state index contributed by atoms with van der Waals surface area (Å²) in [5, 5.41) is 3.42. The van der Waals surface area contributed by atoms with E-state index in [1.807, 2.05) is 24.3 Å². The minimum Gasteiger partial charge on any atom is -0.355 e. The fourth-order valence-electron chi connectivity index (χ4n) is 1.11. The number of amides is 1. The average molecular weight is 249 g/mol. The molecule has 0 spiro atoms. The SMILES string of the molecule is Cl.NCC(=O)NCCc1ccccc1Cl. The number of rotatable bonds is 4. The van der Waals surface area contributed by atoms with Crippen molar-refractivity contribution < 1.29 is 4.79 Å². The van der Waals surface area contributed by atoms with Gasteiger partial charge in [0.2, 0.25) is 5.91 Å². The highest BCUT2D eigenvalue weighted by Gasteiger charge is 1.99. The Kier molecular flexibility index (Phi) is 7.13. The van der Waals surface area contributed by atoms with Gasteiger partial charge in [0.05, 0.1) is 6.54 Å². The molecule has 5 heteroatoms. The summed E-state index contributed by atoms with van der Waals surface area (Å²) in [5.74, 6) is -0.142. The Morgan fingerprint density at radius 3 is 2.67 bits per heavy atom. The van der Waals surface area contributed by atoms with Gasteiger partial charge in [0.15, 0.2) is 0 Å². The summed E-state index contributed by atoms with van der Waals surface area (Å²) in [6.07, 6.45) is 0.728. The first-order valence-corrected chi connectivity index (χ1v) is 4.82. The third-order valence-electron chi connectivity index (χ3n) is 1.86. The molecule has 0 bridgehead atoms. The predicted molar refractivity (Wildman–Crippen MR) is 64.5 cm³/mol. The molecule has 1 rings (SSSR count). The zero-order valence-electron chi connectivity index (χ0n) is 8.20. The van der Waals surface area contributed by atoms with E-state index in [0.717, 1.165) is 17.0 Å². The number of halogens is 2. The van der Waals surface area contributed by atoms with Gasteiger partial charge in [-0.2, -0.15) is 0 Å². The molecule has 0 fully saturated rings. The molecule has 0 aliphatic carbocycles. The van der Waals surface area contributed by atoms with Gasteiger partial charge in [-0.1, -0.05) is 29.8 Å². The lowest BCUT2D eigenvalue weighted by molar-refractivity contribution is -0.119. The number of nitrogens with one attached hydrogen (secondary N) is 1. The van der Waals surface area contributed by atoms with Gasteiger partial charge in [-0.05, 0) is 18.1 Å². The topological polar surface area (TPSA) is 55.1 Å². The van der Waals surface area contributed by atoms with Gasteiger partial charge in [0.25, 0.3) is 0 Å². The van der Waals surface area contributed by atoms with Crippen LogP contribution in [0.3, 0.4) is 0 Å². The van der Waals surface area contributed by atoms with Gasteiger partial charge in [0, 0.05) is 11.6 Å². The Morgan fingerprint density at radius 2 is 2.07 bits per heavy atom. The van der Waals surface area contributed by atoms with E-state index in [1.165, 1.54) is 0 Å². The van der Waals surface area contributed by atoms with Crippen molar-refractivity contribution in [2.24, 2.45) is 5.73 Å². The van der Waals surface area contributed by atoms with Crippen molar-refractivity contribution in [1.29, 1.82) is 0 Å². The number of carbonyl (C=O) groups is 1. The van der Waals surface area contributed by atoms with Crippen LogP contribution in [0.1, 0.15) is 5.56 Å². The molecule has 0 saturated carbocycles. The number of hydrogen-bond donors (Lipinski definition) is 2. The van der Waals surface area contributed by atoms with Gasteiger partial charge in [-0.3, -0.25) is 4.79 Å². The van der Waals surface area contributed by atoms with Crippen LogP contribution < -0.4 is 11.1 Å². The fourth-order valence-corrected chi connectivity index (χ4v) is 1.34. The second-order valence-electron chi connectivity index (χ2n) is 2.90. The van der Waals surface area contributed by atoms with Crippen LogP contribution in [0.25, 0.3) is 0 Å². The highest BCUT2D eigenvalue weighted by molar-refractivity contribution is 6.31. The lowest BCUT2D eigenvalue weighted by Crippen LogP contribution is -2.31. The predicted octanol–water partition coefficient (Wildman–Crippen LogP) is 1.38. The maximum absolute atomic E-state index is 10.8. The molecule has 0 saturated heterocycles. The summed E-state index contributed by atoms with van der Waals surface area (Å²) >= 11 is 5.94. The Bertz CT molecular complexity index is 318. The van der Waals surface area contributed by atoms with Crippen LogP contribution in [0, 0.1) is 0 Å². The van der Waals surface area contributed by atoms with Crippen molar-refractivity contribution in [3.05, 3.63) is 34.9 Å². The van der Waals surface area contributed by atoms with E-state index in [0.29, 0.717) is 6.54 Å². The molecule has 1 amide bonds. The summed E-state index contributed by atoms with van der Waals surface area (Å²) in [7, 11) is 0. The number of nitrogens with two attached hydrogens (primary N) is 1. The minimum atomic E-state index is -0.142. The highest BCUT2D eigenvalue weighted by Crippen LogP contribution is 2.14. The third kappa shape index (κ3) is 5.02. The van der Waals surface area contributed by atoms with E-state index in [-0.39, 0.29) is 24.9 Å². The molecule has 3 N–H and O–H groups in total. The average Bonchev–Trinajstić information content (AvgIpc) is 2.20. The van der Waals surface area contributed by atoms with Gasteiger partial charge >= 0.3 is 0 Å². The molecule has 0 aliphatic rings. The zero-order valence-corrected chi connectivity index (χ0v) is 9.77. The lowest BCUT2D eigenvalue weighted by Gasteiger charge is -2.04. The molecule has 0 atom stereocenters. The van der Waals surface area contributed by atoms with Crippen LogP contribution in [-0.2, 0) is 11.2 Å². The molecule has 0 radical (unpaired) electrons.